The van der Waals surface area contributed by atoms with Crippen LogP contribution in [0.25, 0.3) is 11.4 Å². The molecule has 0 aromatic heterocycles. The molecule has 1 heterocycles. The van der Waals surface area contributed by atoms with Gasteiger partial charge in [-0.1, -0.05) is 42.5 Å². The number of fused-ring (bicyclic) bond motifs is 2. The number of hydrazine groups is 2. The Morgan fingerprint density at radius 1 is 0.952 bits per heavy atom. The van der Waals surface area contributed by atoms with Crippen LogP contribution < -0.4 is 22.3 Å². The van der Waals surface area contributed by atoms with Crippen molar-refractivity contribution in [1.82, 2.24) is 5.12 Å². The molecule has 0 unspecified atom stereocenters. The van der Waals surface area contributed by atoms with Gasteiger partial charge in [0, 0.05) is 30.4 Å². The minimum absolute atomic E-state index is 0.594. The number of para-hydroxylation sites is 1. The molecule has 0 aliphatic carbocycles. The van der Waals surface area contributed by atoms with Gasteiger partial charge in [0.05, 0.1) is 5.70 Å². The number of nitrogens with zero attached hydrogens (tertiary/aromatic N) is 2. The number of nitrogens with two attached hydrogens (primary N) is 3. The minimum Gasteiger partial charge on any atom is -0.396 e. The second-order valence-electron chi connectivity index (χ2n) is 5.20. The molecule has 2 aromatic carbocycles. The minimum atomic E-state index is 0.594. The van der Waals surface area contributed by atoms with Crippen LogP contribution in [0.5, 0.6) is 0 Å². The van der Waals surface area contributed by atoms with Crippen molar-refractivity contribution in [3.8, 4) is 0 Å². The predicted molar refractivity (Wildman–Crippen MR) is 86.2 cm³/mol. The van der Waals surface area contributed by atoms with E-state index in [0.717, 1.165) is 34.0 Å². The molecule has 0 atom stereocenters. The summed E-state index contributed by atoms with van der Waals surface area (Å²) in [7, 11) is 2.05. The Labute approximate surface area is 124 Å². The summed E-state index contributed by atoms with van der Waals surface area (Å²) in [4.78, 5) is 2.17. The van der Waals surface area contributed by atoms with Crippen LogP contribution in [0.2, 0.25) is 0 Å². The lowest BCUT2D eigenvalue weighted by Gasteiger charge is -2.30. The third-order valence-corrected chi connectivity index (χ3v) is 3.80. The molecule has 1 aliphatic rings. The Morgan fingerprint density at radius 3 is 2.29 bits per heavy atom. The van der Waals surface area contributed by atoms with Crippen LogP contribution in [0.4, 0.5) is 5.69 Å². The topological polar surface area (TPSA) is 84.5 Å². The highest BCUT2D eigenvalue weighted by atomic mass is 15.6. The Bertz CT molecular complexity index is 705. The molecule has 108 valence electrons. The van der Waals surface area contributed by atoms with Crippen LogP contribution in [-0.4, -0.2) is 12.2 Å². The number of hydrogen-bond donors (Lipinski definition) is 3. The van der Waals surface area contributed by atoms with E-state index in [-0.39, 0.29) is 0 Å². The average Bonchev–Trinajstić information content (AvgIpc) is 2.47. The summed E-state index contributed by atoms with van der Waals surface area (Å²) in [5.74, 6) is 11.7. The predicted octanol–water partition coefficient (Wildman–Crippen LogP) is 1.47. The molecule has 0 amide bonds. The van der Waals surface area contributed by atoms with Gasteiger partial charge in [-0.3, -0.25) is 0 Å². The summed E-state index contributed by atoms with van der Waals surface area (Å²) in [5.41, 5.74) is 11.7. The normalized spacial score (nSPS) is 17.6. The van der Waals surface area contributed by atoms with Gasteiger partial charge in [0.15, 0.2) is 0 Å². The highest BCUT2D eigenvalue weighted by molar-refractivity contribution is 5.93. The fourth-order valence-corrected chi connectivity index (χ4v) is 2.82. The van der Waals surface area contributed by atoms with E-state index in [1.54, 1.807) is 0 Å². The van der Waals surface area contributed by atoms with Crippen molar-refractivity contribution in [2.75, 3.05) is 11.9 Å². The van der Waals surface area contributed by atoms with E-state index in [9.17, 15) is 0 Å². The van der Waals surface area contributed by atoms with Crippen molar-refractivity contribution in [2.24, 2.45) is 17.4 Å². The van der Waals surface area contributed by atoms with Gasteiger partial charge in [0.25, 0.3) is 0 Å². The smallest absolute Gasteiger partial charge is 0.102 e. The van der Waals surface area contributed by atoms with Crippen LogP contribution in [0.1, 0.15) is 16.7 Å². The van der Waals surface area contributed by atoms with Gasteiger partial charge in [-0.2, -0.15) is 0 Å². The van der Waals surface area contributed by atoms with E-state index in [1.165, 1.54) is 0 Å². The second kappa shape index (κ2) is 5.12. The molecule has 0 spiro atoms. The van der Waals surface area contributed by atoms with Gasteiger partial charge >= 0.3 is 0 Å². The van der Waals surface area contributed by atoms with Crippen LogP contribution in [0, 0.1) is 0 Å². The summed E-state index contributed by atoms with van der Waals surface area (Å²) in [6.07, 6.45) is 0. The molecule has 2 aromatic rings. The van der Waals surface area contributed by atoms with Crippen molar-refractivity contribution < 1.29 is 0 Å². The van der Waals surface area contributed by atoms with Gasteiger partial charge in [0.1, 0.15) is 5.70 Å². The molecular weight excluding hydrogens is 262 g/mol. The molecule has 5 nitrogen and oxygen atoms in total. The molecule has 3 rings (SSSR count). The first-order valence-electron chi connectivity index (χ1n) is 6.77. The maximum atomic E-state index is 6.38. The number of anilines is 1. The van der Waals surface area contributed by atoms with Crippen molar-refractivity contribution in [2.45, 2.75) is 6.54 Å². The summed E-state index contributed by atoms with van der Waals surface area (Å²) in [6, 6.07) is 16.0. The zero-order valence-electron chi connectivity index (χ0n) is 12.0. The lowest BCUT2D eigenvalue weighted by atomic mass is 9.96. The third-order valence-electron chi connectivity index (χ3n) is 3.80. The van der Waals surface area contributed by atoms with Crippen molar-refractivity contribution in [1.29, 1.82) is 0 Å². The maximum absolute atomic E-state index is 6.38. The molecule has 21 heavy (non-hydrogen) atoms. The van der Waals surface area contributed by atoms with Gasteiger partial charge in [0.2, 0.25) is 0 Å². The number of rotatable bonds is 1. The monoisotopic (exact) mass is 281 g/mol. The first-order chi connectivity index (χ1) is 10.1. The van der Waals surface area contributed by atoms with E-state index < -0.39 is 0 Å². The zero-order valence-corrected chi connectivity index (χ0v) is 12.0. The molecule has 1 aliphatic heterocycles. The molecule has 0 fully saturated rings. The first-order valence-corrected chi connectivity index (χ1v) is 6.77. The maximum Gasteiger partial charge on any atom is 0.102 e. The Kier molecular flexibility index (Phi) is 3.29. The van der Waals surface area contributed by atoms with Crippen LogP contribution >= 0.6 is 0 Å². The Balaban J connectivity index is 2.35. The van der Waals surface area contributed by atoms with Crippen molar-refractivity contribution in [3.05, 3.63) is 65.2 Å². The first kappa shape index (κ1) is 13.5. The highest BCUT2D eigenvalue weighted by Crippen LogP contribution is 2.34. The molecule has 5 heteroatoms. The van der Waals surface area contributed by atoms with Crippen LogP contribution in [-0.2, 0) is 6.54 Å². The molecule has 0 radical (unpaired) electrons. The Hall–Kier alpha value is -2.50. The Morgan fingerprint density at radius 2 is 1.57 bits per heavy atom. The fraction of sp³-hybridized carbons (Fsp3) is 0.125. The lowest BCUT2D eigenvalue weighted by molar-refractivity contribution is 0.440. The SMILES string of the molecule is CN1Cc2ccccc2/C(N)=C(/N(N)N)c2ccccc21. The van der Waals surface area contributed by atoms with E-state index in [0.29, 0.717) is 11.4 Å². The largest absolute Gasteiger partial charge is 0.396 e. The van der Waals surface area contributed by atoms with E-state index >= 15 is 0 Å². The number of benzene rings is 2. The summed E-state index contributed by atoms with van der Waals surface area (Å²) in [6.45, 7) is 0.774. The average molecular weight is 281 g/mol. The van der Waals surface area contributed by atoms with Crippen molar-refractivity contribution in [3.63, 3.8) is 0 Å². The van der Waals surface area contributed by atoms with Gasteiger partial charge in [-0.05, 0) is 11.6 Å². The van der Waals surface area contributed by atoms with Gasteiger partial charge in [-0.15, -0.1) is 0 Å². The highest BCUT2D eigenvalue weighted by Gasteiger charge is 2.22. The van der Waals surface area contributed by atoms with Gasteiger partial charge < -0.3 is 10.6 Å². The number of hydrogen-bond acceptors (Lipinski definition) is 5. The van der Waals surface area contributed by atoms with Crippen molar-refractivity contribution >= 4 is 17.1 Å². The molecule has 0 saturated heterocycles. The van der Waals surface area contributed by atoms with E-state index in [4.69, 9.17) is 17.4 Å². The molecule has 0 saturated carbocycles. The van der Waals surface area contributed by atoms with E-state index in [2.05, 4.69) is 11.0 Å². The van der Waals surface area contributed by atoms with Crippen LogP contribution in [0.15, 0.2) is 48.5 Å². The molecule has 6 N–H and O–H groups in total. The van der Waals surface area contributed by atoms with Gasteiger partial charge in [-0.25, -0.2) is 16.8 Å². The lowest BCUT2D eigenvalue weighted by Crippen LogP contribution is -2.38. The third kappa shape index (κ3) is 2.22. The quantitative estimate of drug-likeness (QED) is 0.544. The summed E-state index contributed by atoms with van der Waals surface area (Å²) in [5, 5.41) is 1.10. The van der Waals surface area contributed by atoms with Crippen LogP contribution in [0.3, 0.4) is 0 Å². The standard InChI is InChI=1S/C16H19N5/c1-20-10-11-6-2-3-7-12(11)15(17)16(21(18)19)13-8-4-5-9-14(13)20/h2-9H,10,17-19H2,1H3/b16-15-. The fourth-order valence-electron chi connectivity index (χ4n) is 2.82. The second-order valence-corrected chi connectivity index (χ2v) is 5.20. The zero-order chi connectivity index (χ0) is 15.0. The summed E-state index contributed by atoms with van der Waals surface area (Å²) < 4.78 is 0. The summed E-state index contributed by atoms with van der Waals surface area (Å²) >= 11 is 0. The molecular formula is C16H19N5. The molecule has 0 bridgehead atoms. The van der Waals surface area contributed by atoms with E-state index in [1.807, 2.05) is 49.5 Å².